The first-order valence-electron chi connectivity index (χ1n) is 7.58. The summed E-state index contributed by atoms with van der Waals surface area (Å²) in [5.74, 6) is -1.43. The number of benzene rings is 2. The predicted octanol–water partition coefficient (Wildman–Crippen LogP) is 1.38. The van der Waals surface area contributed by atoms with Gasteiger partial charge < -0.3 is 9.84 Å². The van der Waals surface area contributed by atoms with Gasteiger partial charge in [-0.3, -0.25) is 19.9 Å². The molecule has 0 radical (unpaired) electrons. The molecule has 0 unspecified atom stereocenters. The number of hydrogen-bond donors (Lipinski definition) is 1. The molecular formula is C17H12N5O5-. The fourth-order valence-corrected chi connectivity index (χ4v) is 2.25. The molecule has 1 heterocycles. The van der Waals surface area contributed by atoms with Crippen LogP contribution in [0.3, 0.4) is 0 Å². The smallest absolute Gasteiger partial charge is 0.291 e. The number of nitrogens with zero attached hydrogens (tertiary/aromatic N) is 4. The van der Waals surface area contributed by atoms with E-state index >= 15 is 0 Å². The van der Waals surface area contributed by atoms with E-state index in [-0.39, 0.29) is 22.7 Å². The van der Waals surface area contributed by atoms with Crippen LogP contribution in [0.5, 0.6) is 11.5 Å². The molecule has 3 aromatic rings. The minimum Gasteiger partial charge on any atom is -0.870 e. The number of fused-ring (bicyclic) bond motifs is 1. The molecular weight excluding hydrogens is 354 g/mol. The lowest BCUT2D eigenvalue weighted by Gasteiger charge is -2.14. The summed E-state index contributed by atoms with van der Waals surface area (Å²) in [6.07, 6.45) is 2.30. The van der Waals surface area contributed by atoms with Crippen LogP contribution >= 0.6 is 0 Å². The van der Waals surface area contributed by atoms with E-state index in [4.69, 9.17) is 4.74 Å². The van der Waals surface area contributed by atoms with Crippen molar-refractivity contribution in [2.75, 3.05) is 7.11 Å². The van der Waals surface area contributed by atoms with E-state index in [1.54, 1.807) is 24.3 Å². The van der Waals surface area contributed by atoms with Crippen molar-refractivity contribution in [3.8, 4) is 11.5 Å². The summed E-state index contributed by atoms with van der Waals surface area (Å²) in [7, 11) is 1.22. The number of nitro groups is 1. The summed E-state index contributed by atoms with van der Waals surface area (Å²) in [6.45, 7) is 0. The van der Waals surface area contributed by atoms with Crippen molar-refractivity contribution in [3.63, 3.8) is 0 Å². The second-order valence-electron chi connectivity index (χ2n) is 5.27. The normalized spacial score (nSPS) is 10.9. The fourth-order valence-electron chi connectivity index (χ4n) is 2.25. The van der Waals surface area contributed by atoms with Gasteiger partial charge in [-0.15, -0.1) is 0 Å². The fraction of sp³-hybridized carbons (Fsp3) is 0.0588. The second kappa shape index (κ2) is 7.44. The lowest BCUT2D eigenvalue weighted by atomic mass is 10.2. The maximum atomic E-state index is 12.1. The number of ether oxygens (including phenoxy) is 1. The number of hydrogen-bond acceptors (Lipinski definition) is 8. The number of methoxy groups -OCH3 is 1. The number of carbonyl (C=O) groups excluding carboxylic acids is 1. The number of hydrazone groups is 1. The minimum atomic E-state index is -0.664. The van der Waals surface area contributed by atoms with Crippen molar-refractivity contribution in [1.29, 1.82) is 0 Å². The Bertz CT molecular complexity index is 1070. The molecule has 0 aliphatic rings. The number of para-hydroxylation sites is 2. The van der Waals surface area contributed by atoms with E-state index in [0.29, 0.717) is 11.0 Å². The Morgan fingerprint density at radius 3 is 2.74 bits per heavy atom. The molecule has 0 spiro atoms. The van der Waals surface area contributed by atoms with Crippen molar-refractivity contribution in [1.82, 2.24) is 15.4 Å². The van der Waals surface area contributed by atoms with Gasteiger partial charge in [0.25, 0.3) is 11.6 Å². The van der Waals surface area contributed by atoms with Crippen LogP contribution in [0.2, 0.25) is 0 Å². The number of nitro benzene ring substituents is 1. The molecule has 1 N–H and O–H groups in total. The number of aromatic nitrogens is 2. The van der Waals surface area contributed by atoms with Gasteiger partial charge in [0.1, 0.15) is 11.4 Å². The van der Waals surface area contributed by atoms with Crippen molar-refractivity contribution in [3.05, 3.63) is 64.0 Å². The third kappa shape index (κ3) is 3.79. The predicted molar refractivity (Wildman–Crippen MR) is 93.7 cm³/mol. The van der Waals surface area contributed by atoms with E-state index in [1.807, 2.05) is 0 Å². The van der Waals surface area contributed by atoms with Crippen LogP contribution in [0.15, 0.2) is 47.7 Å². The van der Waals surface area contributed by atoms with Crippen LogP contribution in [-0.4, -0.2) is 34.1 Å². The molecule has 0 saturated carbocycles. The van der Waals surface area contributed by atoms with Gasteiger partial charge in [0.15, 0.2) is 0 Å². The Kier molecular flexibility index (Phi) is 4.88. The molecule has 136 valence electrons. The van der Waals surface area contributed by atoms with E-state index in [9.17, 15) is 20.0 Å². The molecule has 1 aromatic heterocycles. The molecule has 0 fully saturated rings. The van der Waals surface area contributed by atoms with Crippen molar-refractivity contribution < 1.29 is 19.6 Å². The Morgan fingerprint density at radius 1 is 1.30 bits per heavy atom. The third-order valence-electron chi connectivity index (χ3n) is 3.55. The van der Waals surface area contributed by atoms with Gasteiger partial charge in [-0.05, 0) is 17.7 Å². The lowest BCUT2D eigenvalue weighted by molar-refractivity contribution is -0.385. The van der Waals surface area contributed by atoms with Gasteiger partial charge in [0.05, 0.1) is 41.5 Å². The molecule has 10 heteroatoms. The number of nitrogens with one attached hydrogen (secondary N) is 1. The van der Waals surface area contributed by atoms with Crippen LogP contribution in [-0.2, 0) is 0 Å². The summed E-state index contributed by atoms with van der Waals surface area (Å²) in [5, 5.41) is 26.7. The molecule has 27 heavy (non-hydrogen) atoms. The largest absolute Gasteiger partial charge is 0.870 e. The van der Waals surface area contributed by atoms with Gasteiger partial charge in [0, 0.05) is 6.07 Å². The lowest BCUT2D eigenvalue weighted by Crippen LogP contribution is -2.19. The molecule has 3 rings (SSSR count). The zero-order valence-electron chi connectivity index (χ0n) is 13.9. The first-order valence-corrected chi connectivity index (χ1v) is 7.58. The quantitative estimate of drug-likeness (QED) is 0.408. The van der Waals surface area contributed by atoms with Crippen molar-refractivity contribution in [2.24, 2.45) is 5.10 Å². The maximum absolute atomic E-state index is 12.1. The van der Waals surface area contributed by atoms with Crippen LogP contribution in [0.4, 0.5) is 5.69 Å². The van der Waals surface area contributed by atoms with Gasteiger partial charge >= 0.3 is 0 Å². The topological polar surface area (TPSA) is 143 Å². The van der Waals surface area contributed by atoms with Gasteiger partial charge in [-0.25, -0.2) is 10.4 Å². The van der Waals surface area contributed by atoms with Crippen molar-refractivity contribution in [2.45, 2.75) is 0 Å². The third-order valence-corrected chi connectivity index (χ3v) is 3.55. The summed E-state index contributed by atoms with van der Waals surface area (Å²) in [5.41, 5.74) is 2.97. The molecule has 0 aliphatic carbocycles. The summed E-state index contributed by atoms with van der Waals surface area (Å²) < 4.78 is 4.83. The Morgan fingerprint density at radius 2 is 2.04 bits per heavy atom. The van der Waals surface area contributed by atoms with Crippen molar-refractivity contribution >= 4 is 28.8 Å². The maximum Gasteiger partial charge on any atom is 0.291 e. The van der Waals surface area contributed by atoms with Crippen LogP contribution < -0.4 is 15.3 Å². The van der Waals surface area contributed by atoms with Gasteiger partial charge in [-0.2, -0.15) is 5.10 Å². The molecule has 0 atom stereocenters. The molecule has 1 amide bonds. The minimum absolute atomic E-state index is 0.0322. The van der Waals surface area contributed by atoms with Crippen LogP contribution in [0.1, 0.15) is 16.1 Å². The van der Waals surface area contributed by atoms with E-state index in [0.717, 1.165) is 18.3 Å². The highest BCUT2D eigenvalue weighted by Crippen LogP contribution is 2.31. The highest BCUT2D eigenvalue weighted by molar-refractivity contribution is 5.95. The number of carbonyl (C=O) groups is 1. The summed E-state index contributed by atoms with van der Waals surface area (Å²) >= 11 is 0. The zero-order valence-corrected chi connectivity index (χ0v) is 13.9. The van der Waals surface area contributed by atoms with E-state index < -0.39 is 16.6 Å². The zero-order chi connectivity index (χ0) is 19.4. The first kappa shape index (κ1) is 17.7. The standard InChI is InChI=1S/C17H13N5O5/c1-27-15-7-11(22(25)26)6-10(16(15)23)8-19-21-17(24)14-9-18-12-4-2-3-5-13(12)20-14/h2-9,23H,1H3,(H,21,24)/p-1/b19-8-. The molecule has 0 saturated heterocycles. The monoisotopic (exact) mass is 366 g/mol. The first-order chi connectivity index (χ1) is 13.0. The number of amides is 1. The SMILES string of the molecule is COc1cc([N+](=O)[O-])cc(/C=N\NC(=O)c2cnc3ccccc3n2)c1[O-]. The van der Waals surface area contributed by atoms with Crippen LogP contribution in [0.25, 0.3) is 11.0 Å². The summed E-state index contributed by atoms with van der Waals surface area (Å²) in [4.78, 5) is 30.7. The molecule has 0 bridgehead atoms. The average molecular weight is 366 g/mol. The number of rotatable bonds is 5. The highest BCUT2D eigenvalue weighted by atomic mass is 16.6. The Balaban J connectivity index is 1.81. The van der Waals surface area contributed by atoms with Gasteiger partial charge in [-0.1, -0.05) is 17.9 Å². The second-order valence-corrected chi connectivity index (χ2v) is 5.27. The molecule has 0 aliphatic heterocycles. The van der Waals surface area contributed by atoms with Gasteiger partial charge in [0.2, 0.25) is 0 Å². The number of non-ortho nitro benzene ring substituents is 1. The van der Waals surface area contributed by atoms with Crippen LogP contribution in [0, 0.1) is 10.1 Å². The molecule has 10 nitrogen and oxygen atoms in total. The Hall–Kier alpha value is -4.08. The Labute approximate surface area is 152 Å². The average Bonchev–Trinajstić information content (AvgIpc) is 2.68. The molecule has 2 aromatic carbocycles. The van der Waals surface area contributed by atoms with E-state index in [2.05, 4.69) is 20.5 Å². The summed E-state index contributed by atoms with van der Waals surface area (Å²) in [6, 6.07) is 9.09. The highest BCUT2D eigenvalue weighted by Gasteiger charge is 2.12. The van der Waals surface area contributed by atoms with E-state index in [1.165, 1.54) is 13.3 Å².